The van der Waals surface area contributed by atoms with E-state index in [9.17, 15) is 57.8 Å². The molecule has 0 saturated carbocycles. The number of H-pyrrole nitrogens is 3. The quantitative estimate of drug-likeness (QED) is 0.0119. The molecule has 3 aromatic heterocycles. The number of aromatic nitrogens is 5. The molecule has 31 nitrogen and oxygen atoms in total. The van der Waals surface area contributed by atoms with Crippen LogP contribution in [0.1, 0.15) is 77.3 Å². The molecule has 0 saturated heterocycles. The van der Waals surface area contributed by atoms with E-state index in [0.29, 0.717) is 28.6 Å². The largest absolute Gasteiger partial charge is 0.480 e. The fourth-order valence-corrected chi connectivity index (χ4v) is 8.23. The zero-order chi connectivity index (χ0) is 60.6. The second kappa shape index (κ2) is 32.0. The van der Waals surface area contributed by atoms with Gasteiger partial charge in [0.05, 0.1) is 49.6 Å². The van der Waals surface area contributed by atoms with Crippen LogP contribution in [0.25, 0.3) is 10.9 Å². The van der Waals surface area contributed by atoms with Gasteiger partial charge < -0.3 is 90.4 Å². The molecule has 31 heteroatoms. The molecule has 0 aliphatic heterocycles. The van der Waals surface area contributed by atoms with Crippen molar-refractivity contribution in [1.82, 2.24) is 78.1 Å². The molecule has 8 unspecified atom stereocenters. The number of fused-ring (bicyclic) bond motifs is 1. The van der Waals surface area contributed by atoms with Crippen LogP contribution in [0.3, 0.4) is 0 Å². The van der Waals surface area contributed by atoms with Gasteiger partial charge in [0.2, 0.25) is 59.1 Å². The van der Waals surface area contributed by atoms with Crippen LogP contribution in [0.2, 0.25) is 0 Å². The van der Waals surface area contributed by atoms with Crippen molar-refractivity contribution >= 4 is 81.9 Å². The van der Waals surface area contributed by atoms with Gasteiger partial charge >= 0.3 is 5.97 Å². The van der Waals surface area contributed by atoms with Gasteiger partial charge in [0.15, 0.2) is 5.96 Å². The average Bonchev–Trinajstić information content (AvgIpc) is 4.35. The Morgan fingerprint density at radius 2 is 1.13 bits per heavy atom. The standard InChI is InChI=1S/C51H75N19O12/c1-25(2)13-38(50(81)82)69-46(77)35(15-29-19-56-23-62-29)65-41(73)22-61-49(80)42(26(3)4)70-43(74)27(5)64-45(76)34(14-28-18-59-33-11-7-6-9-31(28)33)67-47(78)36(16-30-20-57-24-63-30)68-48(79)37(17-39(53)71)66-40(72)21-60-44(75)32(52)10-8-12-58-51(54)55/h6-7,9,11,18-20,23-27,32,34-38,42,59H,8,10,12-17,21-22,52H2,1-5H3,(H2,53,71)(H,56,62)(H,57,63)(H,60,75)(H,61,80)(H,64,76)(H,65,73)(H,66,72)(H,67,78)(H,68,79)(H,69,77)(H,70,74)(H,81,82)(H4,54,55,58). The number of para-hydroxylation sites is 1. The van der Waals surface area contributed by atoms with Crippen molar-refractivity contribution in [3.05, 3.63) is 72.5 Å². The molecular formula is C51H75N19O12. The molecule has 0 fully saturated rings. The molecule has 8 atom stereocenters. The maximum absolute atomic E-state index is 14.4. The van der Waals surface area contributed by atoms with Gasteiger partial charge in [-0.1, -0.05) is 45.9 Å². The van der Waals surface area contributed by atoms with Crippen LogP contribution in [0.15, 0.2) is 55.5 Å². The number of amides is 10. The smallest absolute Gasteiger partial charge is 0.326 e. The zero-order valence-electron chi connectivity index (χ0n) is 46.1. The second-order valence-electron chi connectivity index (χ2n) is 20.1. The third kappa shape index (κ3) is 21.7. The van der Waals surface area contributed by atoms with Gasteiger partial charge in [0, 0.05) is 55.3 Å². The number of carbonyl (C=O) groups excluding carboxylic acids is 10. The topological polar surface area (TPSA) is 503 Å². The number of aliphatic carboxylic acids is 1. The normalized spacial score (nSPS) is 14.0. The van der Waals surface area contributed by atoms with Crippen molar-refractivity contribution < 1.29 is 57.8 Å². The van der Waals surface area contributed by atoms with E-state index in [0.717, 1.165) is 0 Å². The Balaban J connectivity index is 1.47. The minimum atomic E-state index is -1.67. The summed E-state index contributed by atoms with van der Waals surface area (Å²) in [4.78, 5) is 163. The van der Waals surface area contributed by atoms with E-state index in [2.05, 4.69) is 78.1 Å². The van der Waals surface area contributed by atoms with Gasteiger partial charge in [-0.15, -0.1) is 0 Å². The maximum Gasteiger partial charge on any atom is 0.326 e. The number of carboxylic acids is 1. The van der Waals surface area contributed by atoms with Crippen molar-refractivity contribution in [3.63, 3.8) is 0 Å². The summed E-state index contributed by atoms with van der Waals surface area (Å²) in [5.41, 5.74) is 18.5. The number of carboxylic acid groups (broad SMARTS) is 1. The number of benzene rings is 1. The second-order valence-corrected chi connectivity index (χ2v) is 20.1. The number of hydrogen-bond donors (Lipinski definition) is 18. The molecule has 0 spiro atoms. The number of primary amides is 1. The molecule has 21 N–H and O–H groups in total. The van der Waals surface area contributed by atoms with Crippen LogP contribution < -0.4 is 70.4 Å². The summed E-state index contributed by atoms with van der Waals surface area (Å²) < 4.78 is 0. The van der Waals surface area contributed by atoms with Crippen LogP contribution in [0.4, 0.5) is 0 Å². The minimum Gasteiger partial charge on any atom is -0.480 e. The summed E-state index contributed by atoms with van der Waals surface area (Å²) in [5, 5.41) is 42.6. The highest BCUT2D eigenvalue weighted by Crippen LogP contribution is 2.20. The predicted octanol–water partition coefficient (Wildman–Crippen LogP) is -4.46. The Labute approximate surface area is 471 Å². The van der Waals surface area contributed by atoms with Crippen molar-refractivity contribution in [2.24, 2.45) is 29.0 Å². The van der Waals surface area contributed by atoms with Gasteiger partial charge in [-0.25, -0.2) is 14.8 Å². The first kappa shape index (κ1) is 65.1. The summed E-state index contributed by atoms with van der Waals surface area (Å²) in [7, 11) is 0. The number of aromatic amines is 3. The Bertz CT molecular complexity index is 2860. The van der Waals surface area contributed by atoms with Crippen LogP contribution in [0, 0.1) is 17.2 Å². The SMILES string of the molecule is CC(C)CC(NC(=O)C(Cc1c[nH]cn1)NC(=O)CNC(=O)C(NC(=O)C(C)NC(=O)C(Cc1c[nH]c2ccccc12)NC(=O)C(Cc1c[nH]cn1)NC(=O)C(CC(N)=O)NC(=O)CNC(=O)C(N)CCCNC(=N)N)C(C)C)C(=O)O. The summed E-state index contributed by atoms with van der Waals surface area (Å²) in [6.45, 7) is 7.06. The van der Waals surface area contributed by atoms with Gasteiger partial charge in [-0.3, -0.25) is 53.4 Å². The highest BCUT2D eigenvalue weighted by atomic mass is 16.4. The first-order valence-corrected chi connectivity index (χ1v) is 26.3. The molecule has 1 aromatic carbocycles. The zero-order valence-corrected chi connectivity index (χ0v) is 46.1. The molecule has 10 amide bonds. The van der Waals surface area contributed by atoms with E-state index in [1.165, 1.54) is 32.0 Å². The number of rotatable bonds is 34. The molecule has 0 aliphatic rings. The Hall–Kier alpha value is -9.42. The molecule has 0 aliphatic carbocycles. The first-order valence-electron chi connectivity index (χ1n) is 26.3. The number of hydrogen-bond acceptors (Lipinski definition) is 15. The van der Waals surface area contributed by atoms with E-state index in [-0.39, 0.29) is 56.2 Å². The fourth-order valence-electron chi connectivity index (χ4n) is 8.23. The molecule has 4 aromatic rings. The monoisotopic (exact) mass is 1150 g/mol. The highest BCUT2D eigenvalue weighted by molar-refractivity contribution is 5.99. The van der Waals surface area contributed by atoms with Gasteiger partial charge in [-0.05, 0) is 49.7 Å². The summed E-state index contributed by atoms with van der Waals surface area (Å²) in [5.74, 6) is -11.0. The molecule has 82 heavy (non-hydrogen) atoms. The lowest BCUT2D eigenvalue weighted by molar-refractivity contribution is -0.142. The lowest BCUT2D eigenvalue weighted by Crippen LogP contribution is -2.60. The lowest BCUT2D eigenvalue weighted by Gasteiger charge is -2.27. The first-order chi connectivity index (χ1) is 38.8. The average molecular weight is 1150 g/mol. The number of carbonyl (C=O) groups is 11. The predicted molar refractivity (Wildman–Crippen MR) is 295 cm³/mol. The summed E-state index contributed by atoms with van der Waals surface area (Å²) in [6.07, 6.45) is 6.55. The lowest BCUT2D eigenvalue weighted by atomic mass is 10.0. The van der Waals surface area contributed by atoms with Gasteiger partial charge in [0.25, 0.3) is 0 Å². The molecular weight excluding hydrogens is 1070 g/mol. The molecule has 446 valence electrons. The Morgan fingerprint density at radius 1 is 0.610 bits per heavy atom. The number of nitrogens with zero attached hydrogens (tertiary/aromatic N) is 2. The molecule has 0 radical (unpaired) electrons. The van der Waals surface area contributed by atoms with Crippen LogP contribution >= 0.6 is 0 Å². The summed E-state index contributed by atoms with van der Waals surface area (Å²) in [6, 6.07) is -3.78. The Morgan fingerprint density at radius 3 is 1.67 bits per heavy atom. The number of nitrogens with one attached hydrogen (secondary N) is 14. The highest BCUT2D eigenvalue weighted by Gasteiger charge is 2.35. The number of guanidine groups is 1. The van der Waals surface area contributed by atoms with Crippen LogP contribution in [0.5, 0.6) is 0 Å². The molecule has 4 rings (SSSR count). The third-order valence-electron chi connectivity index (χ3n) is 12.5. The van der Waals surface area contributed by atoms with E-state index in [4.69, 9.17) is 22.6 Å². The van der Waals surface area contributed by atoms with Crippen LogP contribution in [-0.4, -0.2) is 169 Å². The van der Waals surface area contributed by atoms with Crippen molar-refractivity contribution in [2.45, 2.75) is 128 Å². The van der Waals surface area contributed by atoms with Crippen molar-refractivity contribution in [2.75, 3.05) is 19.6 Å². The van der Waals surface area contributed by atoms with Gasteiger partial charge in [0.1, 0.15) is 42.3 Å². The van der Waals surface area contributed by atoms with Gasteiger partial charge in [-0.2, -0.15) is 0 Å². The third-order valence-corrected chi connectivity index (χ3v) is 12.5. The van der Waals surface area contributed by atoms with Crippen molar-refractivity contribution in [3.8, 4) is 0 Å². The van der Waals surface area contributed by atoms with Crippen LogP contribution in [-0.2, 0) is 72.0 Å². The van der Waals surface area contributed by atoms with E-state index in [1.807, 2.05) is 0 Å². The fraction of sp³-hybridized carbons (Fsp3) is 0.490. The maximum atomic E-state index is 14.4. The number of imidazole rings is 2. The van der Waals surface area contributed by atoms with Crippen molar-refractivity contribution in [1.29, 1.82) is 5.41 Å². The molecule has 3 heterocycles. The van der Waals surface area contributed by atoms with E-state index >= 15 is 0 Å². The molecule has 0 bridgehead atoms. The number of nitrogens with two attached hydrogens (primary N) is 3. The van der Waals surface area contributed by atoms with E-state index in [1.54, 1.807) is 58.2 Å². The Kier molecular flexibility index (Phi) is 25.4. The summed E-state index contributed by atoms with van der Waals surface area (Å²) >= 11 is 0. The van der Waals surface area contributed by atoms with E-state index < -0.39 is 139 Å². The minimum absolute atomic E-state index is 0.0861.